The summed E-state index contributed by atoms with van der Waals surface area (Å²) in [5.41, 5.74) is 1.84. The van der Waals surface area contributed by atoms with Crippen LogP contribution in [0.2, 0.25) is 5.02 Å². The van der Waals surface area contributed by atoms with Crippen molar-refractivity contribution in [3.8, 4) is 0 Å². The molecule has 39 heavy (non-hydrogen) atoms. The van der Waals surface area contributed by atoms with Gasteiger partial charge in [-0.2, -0.15) is 0 Å². The van der Waals surface area contributed by atoms with Gasteiger partial charge in [0.15, 0.2) is 0 Å². The topological polar surface area (TPSA) is 86.8 Å². The molecule has 0 saturated carbocycles. The lowest BCUT2D eigenvalue weighted by atomic mass is 10.1. The lowest BCUT2D eigenvalue weighted by Crippen LogP contribution is -2.52. The van der Waals surface area contributed by atoms with E-state index in [0.717, 1.165) is 9.87 Å². The highest BCUT2D eigenvalue weighted by molar-refractivity contribution is 7.92. The number of carbonyl (C=O) groups is 2. The van der Waals surface area contributed by atoms with Crippen LogP contribution in [0.1, 0.15) is 31.9 Å². The Hall–Kier alpha value is -3.36. The van der Waals surface area contributed by atoms with E-state index in [-0.39, 0.29) is 23.3 Å². The van der Waals surface area contributed by atoms with Crippen molar-refractivity contribution in [3.63, 3.8) is 0 Å². The van der Waals surface area contributed by atoms with Crippen molar-refractivity contribution in [2.45, 2.75) is 45.1 Å². The minimum atomic E-state index is -4.13. The minimum absolute atomic E-state index is 0.0516. The van der Waals surface area contributed by atoms with E-state index in [1.54, 1.807) is 50.2 Å². The molecule has 0 spiro atoms. The zero-order valence-electron chi connectivity index (χ0n) is 22.8. The molecule has 0 saturated heterocycles. The number of hydrogen-bond donors (Lipinski definition) is 1. The van der Waals surface area contributed by atoms with E-state index in [9.17, 15) is 18.0 Å². The molecule has 3 aromatic rings. The van der Waals surface area contributed by atoms with E-state index in [1.807, 2.05) is 44.2 Å². The van der Waals surface area contributed by atoms with Crippen LogP contribution in [0.5, 0.6) is 0 Å². The Labute approximate surface area is 236 Å². The van der Waals surface area contributed by atoms with E-state index in [2.05, 4.69) is 5.32 Å². The smallest absolute Gasteiger partial charge is 0.264 e. The monoisotopic (exact) mass is 569 g/mol. The number of amides is 2. The standard InChI is InChI=1S/C30H36ClN3O4S/c1-22(2)20-32-30(36)24(4)33(19-18-25-12-7-5-8-13-25)29(35)21-34(28-17-11-16-27(31)23(28)3)39(37,38)26-14-9-6-10-15-26/h5-17,22,24H,18-21H2,1-4H3,(H,32,36)/t24-/m1/s1. The van der Waals surface area contributed by atoms with Crippen LogP contribution in [0, 0.1) is 12.8 Å². The van der Waals surface area contributed by atoms with E-state index < -0.39 is 28.5 Å². The SMILES string of the molecule is Cc1c(Cl)cccc1N(CC(=O)N(CCc1ccccc1)[C@H](C)C(=O)NCC(C)C)S(=O)(=O)c1ccccc1. The Morgan fingerprint density at radius 2 is 1.51 bits per heavy atom. The van der Waals surface area contributed by atoms with Crippen LogP contribution in [0.4, 0.5) is 5.69 Å². The minimum Gasteiger partial charge on any atom is -0.354 e. The molecule has 0 radical (unpaired) electrons. The summed E-state index contributed by atoms with van der Waals surface area (Å²) >= 11 is 6.35. The highest BCUT2D eigenvalue weighted by Crippen LogP contribution is 2.31. The molecule has 1 atom stereocenters. The molecule has 7 nitrogen and oxygen atoms in total. The maximum absolute atomic E-state index is 13.9. The maximum atomic E-state index is 13.9. The molecule has 1 N–H and O–H groups in total. The van der Waals surface area contributed by atoms with Crippen molar-refractivity contribution in [1.82, 2.24) is 10.2 Å². The molecule has 0 aromatic heterocycles. The van der Waals surface area contributed by atoms with Gasteiger partial charge in [-0.15, -0.1) is 0 Å². The molecule has 0 unspecified atom stereocenters. The number of benzene rings is 3. The summed E-state index contributed by atoms with van der Waals surface area (Å²) in [6, 6.07) is 21.7. The van der Waals surface area contributed by atoms with Gasteiger partial charge >= 0.3 is 0 Å². The third kappa shape index (κ3) is 7.83. The van der Waals surface area contributed by atoms with Crippen molar-refractivity contribution < 1.29 is 18.0 Å². The molecule has 0 aliphatic rings. The van der Waals surface area contributed by atoms with E-state index in [0.29, 0.717) is 29.2 Å². The van der Waals surface area contributed by atoms with E-state index in [1.165, 1.54) is 17.0 Å². The molecular formula is C30H36ClN3O4S. The van der Waals surface area contributed by atoms with Crippen LogP contribution in [0.3, 0.4) is 0 Å². The van der Waals surface area contributed by atoms with Gasteiger partial charge in [0.05, 0.1) is 10.6 Å². The van der Waals surface area contributed by atoms with Crippen LogP contribution in [0.15, 0.2) is 83.8 Å². The first kappa shape index (κ1) is 30.2. The number of carbonyl (C=O) groups excluding carboxylic acids is 2. The number of nitrogens with one attached hydrogen (secondary N) is 1. The van der Waals surface area contributed by atoms with Gasteiger partial charge in [-0.05, 0) is 61.6 Å². The van der Waals surface area contributed by atoms with Crippen molar-refractivity contribution >= 4 is 39.1 Å². The van der Waals surface area contributed by atoms with E-state index in [4.69, 9.17) is 11.6 Å². The van der Waals surface area contributed by atoms with Gasteiger partial charge in [-0.25, -0.2) is 8.42 Å². The summed E-state index contributed by atoms with van der Waals surface area (Å²) in [5.74, 6) is -0.537. The number of nitrogens with zero attached hydrogens (tertiary/aromatic N) is 2. The lowest BCUT2D eigenvalue weighted by molar-refractivity contribution is -0.138. The maximum Gasteiger partial charge on any atom is 0.264 e. The second-order valence-electron chi connectivity index (χ2n) is 9.85. The summed E-state index contributed by atoms with van der Waals surface area (Å²) in [5, 5.41) is 3.28. The molecular weight excluding hydrogens is 534 g/mol. The van der Waals surface area contributed by atoms with Gasteiger partial charge in [0.25, 0.3) is 10.0 Å². The van der Waals surface area contributed by atoms with Crippen molar-refractivity contribution in [2.75, 3.05) is 23.9 Å². The van der Waals surface area contributed by atoms with Gasteiger partial charge in [-0.1, -0.05) is 80.0 Å². The largest absolute Gasteiger partial charge is 0.354 e. The first-order valence-electron chi connectivity index (χ1n) is 13.0. The molecule has 3 rings (SSSR count). The molecule has 0 fully saturated rings. The molecule has 9 heteroatoms. The van der Waals surface area contributed by atoms with Crippen LogP contribution >= 0.6 is 11.6 Å². The normalized spacial score (nSPS) is 12.2. The molecule has 0 bridgehead atoms. The van der Waals surface area contributed by atoms with Crippen molar-refractivity contribution in [1.29, 1.82) is 0 Å². The van der Waals surface area contributed by atoms with Crippen molar-refractivity contribution in [2.24, 2.45) is 5.92 Å². The van der Waals surface area contributed by atoms with Gasteiger partial charge in [-0.3, -0.25) is 13.9 Å². The predicted molar refractivity (Wildman–Crippen MR) is 156 cm³/mol. The molecule has 3 aromatic carbocycles. The zero-order chi connectivity index (χ0) is 28.6. The number of sulfonamides is 1. The van der Waals surface area contributed by atoms with Crippen LogP contribution in [-0.2, 0) is 26.0 Å². The summed E-state index contributed by atoms with van der Waals surface area (Å²) in [6.07, 6.45) is 0.510. The highest BCUT2D eigenvalue weighted by Gasteiger charge is 2.33. The second-order valence-corrected chi connectivity index (χ2v) is 12.1. The fraction of sp³-hybridized carbons (Fsp3) is 0.333. The number of hydrogen-bond acceptors (Lipinski definition) is 4. The van der Waals surface area contributed by atoms with Crippen LogP contribution in [0.25, 0.3) is 0 Å². The Morgan fingerprint density at radius 3 is 2.13 bits per heavy atom. The van der Waals surface area contributed by atoms with Gasteiger partial charge in [0, 0.05) is 18.1 Å². The van der Waals surface area contributed by atoms with Gasteiger partial charge in [0.2, 0.25) is 11.8 Å². The molecule has 0 aliphatic carbocycles. The number of halogens is 1. The predicted octanol–water partition coefficient (Wildman–Crippen LogP) is 5.08. The van der Waals surface area contributed by atoms with Crippen LogP contribution < -0.4 is 9.62 Å². The first-order chi connectivity index (χ1) is 18.5. The fourth-order valence-electron chi connectivity index (χ4n) is 4.12. The molecule has 0 aliphatic heterocycles. The third-order valence-corrected chi connectivity index (χ3v) is 8.64. The summed E-state index contributed by atoms with van der Waals surface area (Å²) < 4.78 is 28.8. The Kier molecular flexibility index (Phi) is 10.5. The fourth-order valence-corrected chi connectivity index (χ4v) is 5.78. The van der Waals surface area contributed by atoms with Crippen molar-refractivity contribution in [3.05, 3.63) is 95.0 Å². The Morgan fingerprint density at radius 1 is 0.897 bits per heavy atom. The average Bonchev–Trinajstić information content (AvgIpc) is 2.93. The molecule has 208 valence electrons. The summed E-state index contributed by atoms with van der Waals surface area (Å²) in [7, 11) is -4.13. The van der Waals surface area contributed by atoms with E-state index >= 15 is 0 Å². The Balaban J connectivity index is 1.99. The summed E-state index contributed by atoms with van der Waals surface area (Å²) in [6.45, 7) is 7.58. The lowest BCUT2D eigenvalue weighted by Gasteiger charge is -2.32. The Bertz CT molecular complexity index is 1370. The van der Waals surface area contributed by atoms with Gasteiger partial charge in [0.1, 0.15) is 12.6 Å². The number of anilines is 1. The molecule has 0 heterocycles. The quantitative estimate of drug-likeness (QED) is 0.330. The third-order valence-electron chi connectivity index (χ3n) is 6.45. The van der Waals surface area contributed by atoms with Crippen LogP contribution in [-0.4, -0.2) is 50.8 Å². The first-order valence-corrected chi connectivity index (χ1v) is 14.8. The second kappa shape index (κ2) is 13.6. The average molecular weight is 570 g/mol. The zero-order valence-corrected chi connectivity index (χ0v) is 24.4. The highest BCUT2D eigenvalue weighted by atomic mass is 35.5. The summed E-state index contributed by atoms with van der Waals surface area (Å²) in [4.78, 5) is 28.4. The molecule has 2 amide bonds. The van der Waals surface area contributed by atoms with Gasteiger partial charge < -0.3 is 10.2 Å². The number of rotatable bonds is 12.